The van der Waals surface area contributed by atoms with Crippen LogP contribution in [-0.2, 0) is 14.8 Å². The van der Waals surface area contributed by atoms with E-state index in [9.17, 15) is 13.2 Å². The van der Waals surface area contributed by atoms with Gasteiger partial charge in [-0.2, -0.15) is 4.31 Å². The van der Waals surface area contributed by atoms with Gasteiger partial charge in [-0.25, -0.2) is 8.42 Å². The van der Waals surface area contributed by atoms with Gasteiger partial charge in [0.2, 0.25) is 10.0 Å². The summed E-state index contributed by atoms with van der Waals surface area (Å²) in [6.07, 6.45) is 0. The van der Waals surface area contributed by atoms with Gasteiger partial charge in [-0.15, -0.1) is 0 Å². The van der Waals surface area contributed by atoms with Crippen molar-refractivity contribution in [2.24, 2.45) is 0 Å². The van der Waals surface area contributed by atoms with Crippen LogP contribution in [0.3, 0.4) is 0 Å². The monoisotopic (exact) mass is 390 g/mol. The van der Waals surface area contributed by atoms with Crippen molar-refractivity contribution in [2.75, 3.05) is 32.2 Å². The van der Waals surface area contributed by atoms with Crippen LogP contribution < -0.4 is 10.1 Å². The van der Waals surface area contributed by atoms with Crippen LogP contribution in [0.2, 0.25) is 0 Å². The predicted molar refractivity (Wildman–Crippen MR) is 102 cm³/mol. The average molecular weight is 390 g/mol. The van der Waals surface area contributed by atoms with Crippen molar-refractivity contribution >= 4 is 21.6 Å². The van der Waals surface area contributed by atoms with Crippen molar-refractivity contribution in [2.45, 2.75) is 17.9 Å². The molecule has 1 heterocycles. The molecule has 8 heteroatoms. The quantitative estimate of drug-likeness (QED) is 0.847. The third-order valence-corrected chi connectivity index (χ3v) is 6.41. The topological polar surface area (TPSA) is 84.9 Å². The molecule has 0 aromatic heterocycles. The summed E-state index contributed by atoms with van der Waals surface area (Å²) in [7, 11) is -2.10. The number of hydrogen-bond donors (Lipinski definition) is 1. The molecule has 7 nitrogen and oxygen atoms in total. The first-order valence-corrected chi connectivity index (χ1v) is 10.0. The molecule has 1 saturated heterocycles. The Kier molecular flexibility index (Phi) is 5.79. The molecule has 0 bridgehead atoms. The molecular weight excluding hydrogens is 368 g/mol. The maximum Gasteiger partial charge on any atom is 0.255 e. The minimum absolute atomic E-state index is 0.157. The van der Waals surface area contributed by atoms with E-state index in [-0.39, 0.29) is 16.8 Å². The van der Waals surface area contributed by atoms with Crippen LogP contribution in [0.4, 0.5) is 5.69 Å². The molecule has 2 aromatic carbocycles. The number of amides is 1. The Morgan fingerprint density at radius 3 is 2.56 bits per heavy atom. The zero-order valence-corrected chi connectivity index (χ0v) is 16.0. The van der Waals surface area contributed by atoms with Crippen LogP contribution in [0.5, 0.6) is 5.75 Å². The van der Waals surface area contributed by atoms with Gasteiger partial charge in [-0.1, -0.05) is 12.1 Å². The molecule has 0 aliphatic carbocycles. The number of anilines is 1. The summed E-state index contributed by atoms with van der Waals surface area (Å²) in [4.78, 5) is 12.6. The Bertz CT molecular complexity index is 912. The van der Waals surface area contributed by atoms with E-state index in [1.807, 2.05) is 6.92 Å². The van der Waals surface area contributed by atoms with Crippen molar-refractivity contribution in [1.29, 1.82) is 0 Å². The molecule has 0 spiro atoms. The first-order valence-electron chi connectivity index (χ1n) is 8.57. The molecule has 1 N–H and O–H groups in total. The summed E-state index contributed by atoms with van der Waals surface area (Å²) < 4.78 is 37.6. The highest BCUT2D eigenvalue weighted by Crippen LogP contribution is 2.24. The van der Waals surface area contributed by atoms with Crippen molar-refractivity contribution < 1.29 is 22.7 Å². The second-order valence-electron chi connectivity index (χ2n) is 6.22. The standard InChI is InChI=1S/C19H22N2O5S/c1-14-13-26-12-11-21(14)27(23,24)16-9-7-15(8-10-16)19(22)20-17-5-3-4-6-18(17)25-2/h3-10,14H,11-13H2,1-2H3,(H,20,22). The van der Waals surface area contributed by atoms with Crippen molar-refractivity contribution in [1.82, 2.24) is 4.31 Å². The van der Waals surface area contributed by atoms with Gasteiger partial charge < -0.3 is 14.8 Å². The third-order valence-electron chi connectivity index (χ3n) is 4.38. The highest BCUT2D eigenvalue weighted by molar-refractivity contribution is 7.89. The second-order valence-corrected chi connectivity index (χ2v) is 8.11. The number of methoxy groups -OCH3 is 1. The maximum absolute atomic E-state index is 12.8. The lowest BCUT2D eigenvalue weighted by atomic mass is 10.2. The molecule has 1 aliphatic heterocycles. The average Bonchev–Trinajstić information content (AvgIpc) is 2.68. The van der Waals surface area contributed by atoms with Gasteiger partial charge >= 0.3 is 0 Å². The van der Waals surface area contributed by atoms with E-state index in [4.69, 9.17) is 9.47 Å². The minimum atomic E-state index is -3.62. The number of nitrogens with zero attached hydrogens (tertiary/aromatic N) is 1. The number of benzene rings is 2. The molecule has 1 aliphatic rings. The summed E-state index contributed by atoms with van der Waals surface area (Å²) in [5.41, 5.74) is 0.902. The van der Waals surface area contributed by atoms with E-state index in [0.717, 1.165) is 0 Å². The molecule has 1 atom stereocenters. The maximum atomic E-state index is 12.8. The molecule has 144 valence electrons. The molecule has 2 aromatic rings. The van der Waals surface area contributed by atoms with Crippen molar-refractivity contribution in [3.63, 3.8) is 0 Å². The van der Waals surface area contributed by atoms with Gasteiger partial charge in [-0.3, -0.25) is 4.79 Å². The molecule has 27 heavy (non-hydrogen) atoms. The summed E-state index contributed by atoms with van der Waals surface area (Å²) in [5, 5.41) is 2.77. The van der Waals surface area contributed by atoms with Crippen LogP contribution >= 0.6 is 0 Å². The van der Waals surface area contributed by atoms with E-state index in [0.29, 0.717) is 36.8 Å². The molecule has 0 saturated carbocycles. The van der Waals surface area contributed by atoms with Crippen LogP contribution in [0.1, 0.15) is 17.3 Å². The van der Waals surface area contributed by atoms with E-state index < -0.39 is 10.0 Å². The molecular formula is C19H22N2O5S. The fraction of sp³-hybridized carbons (Fsp3) is 0.316. The molecule has 1 fully saturated rings. The number of para-hydroxylation sites is 2. The Morgan fingerprint density at radius 1 is 1.19 bits per heavy atom. The fourth-order valence-corrected chi connectivity index (χ4v) is 4.53. The number of carbonyl (C=O) groups is 1. The summed E-state index contributed by atoms with van der Waals surface area (Å²) in [6.45, 7) is 2.88. The number of morpholine rings is 1. The van der Waals surface area contributed by atoms with Crippen LogP contribution in [0.15, 0.2) is 53.4 Å². The number of rotatable bonds is 5. The largest absolute Gasteiger partial charge is 0.495 e. The highest BCUT2D eigenvalue weighted by Gasteiger charge is 2.31. The summed E-state index contributed by atoms with van der Waals surface area (Å²) in [6, 6.07) is 12.8. The van der Waals surface area contributed by atoms with Crippen molar-refractivity contribution in [3.8, 4) is 5.75 Å². The smallest absolute Gasteiger partial charge is 0.255 e. The number of hydrogen-bond acceptors (Lipinski definition) is 5. The Labute approximate surface area is 158 Å². The lowest BCUT2D eigenvalue weighted by Gasteiger charge is -2.32. The molecule has 3 rings (SSSR count). The zero-order chi connectivity index (χ0) is 19.4. The predicted octanol–water partition coefficient (Wildman–Crippen LogP) is 2.36. The fourth-order valence-electron chi connectivity index (χ4n) is 2.93. The summed E-state index contributed by atoms with van der Waals surface area (Å²) >= 11 is 0. The van der Waals surface area contributed by atoms with Gasteiger partial charge in [0.15, 0.2) is 0 Å². The van der Waals surface area contributed by atoms with Gasteiger partial charge in [0.1, 0.15) is 5.75 Å². The SMILES string of the molecule is COc1ccccc1NC(=O)c1ccc(S(=O)(=O)N2CCOCC2C)cc1. The van der Waals surface area contributed by atoms with Gasteiger partial charge in [0, 0.05) is 18.2 Å². The van der Waals surface area contributed by atoms with Gasteiger partial charge in [-0.05, 0) is 43.3 Å². The normalized spacial score (nSPS) is 18.1. The van der Waals surface area contributed by atoms with E-state index in [1.165, 1.54) is 35.7 Å². The molecule has 1 unspecified atom stereocenters. The second kappa shape index (κ2) is 8.08. The summed E-state index contributed by atoms with van der Waals surface area (Å²) in [5.74, 6) is 0.203. The Balaban J connectivity index is 1.77. The molecule has 0 radical (unpaired) electrons. The molecule has 1 amide bonds. The van der Waals surface area contributed by atoms with Gasteiger partial charge in [0.05, 0.1) is 30.9 Å². The number of carbonyl (C=O) groups excluding carboxylic acids is 1. The number of sulfonamides is 1. The van der Waals surface area contributed by atoms with E-state index in [2.05, 4.69) is 5.32 Å². The number of nitrogens with one attached hydrogen (secondary N) is 1. The third kappa shape index (κ3) is 4.13. The van der Waals surface area contributed by atoms with Crippen molar-refractivity contribution in [3.05, 3.63) is 54.1 Å². The van der Waals surface area contributed by atoms with Crippen LogP contribution in [0.25, 0.3) is 0 Å². The van der Waals surface area contributed by atoms with Crippen LogP contribution in [0, 0.1) is 0 Å². The lowest BCUT2D eigenvalue weighted by molar-refractivity contribution is 0.0393. The number of ether oxygens (including phenoxy) is 2. The first kappa shape index (κ1) is 19.3. The Hall–Kier alpha value is -2.42. The minimum Gasteiger partial charge on any atom is -0.495 e. The lowest BCUT2D eigenvalue weighted by Crippen LogP contribution is -2.46. The van der Waals surface area contributed by atoms with E-state index in [1.54, 1.807) is 24.3 Å². The zero-order valence-electron chi connectivity index (χ0n) is 15.2. The van der Waals surface area contributed by atoms with Crippen LogP contribution in [-0.4, -0.2) is 51.5 Å². The first-order chi connectivity index (χ1) is 12.9. The Morgan fingerprint density at radius 2 is 1.89 bits per heavy atom. The highest BCUT2D eigenvalue weighted by atomic mass is 32.2. The van der Waals surface area contributed by atoms with E-state index >= 15 is 0 Å². The van der Waals surface area contributed by atoms with Gasteiger partial charge in [0.25, 0.3) is 5.91 Å².